The van der Waals surface area contributed by atoms with E-state index in [1.54, 1.807) is 10.7 Å². The van der Waals surface area contributed by atoms with E-state index >= 15 is 0 Å². The van der Waals surface area contributed by atoms with Gasteiger partial charge in [-0.2, -0.15) is 5.10 Å². The van der Waals surface area contributed by atoms with Crippen LogP contribution in [0.3, 0.4) is 0 Å². The third-order valence-electron chi connectivity index (χ3n) is 5.59. The molecule has 0 spiro atoms. The average Bonchev–Trinajstić information content (AvgIpc) is 3.32. The molecule has 1 aliphatic rings. The fourth-order valence-corrected chi connectivity index (χ4v) is 4.17. The van der Waals surface area contributed by atoms with E-state index in [0.717, 1.165) is 39.4 Å². The fourth-order valence-electron chi connectivity index (χ4n) is 4.17. The fraction of sp³-hybridized carbons (Fsp3) is 0.320. The maximum absolute atomic E-state index is 12.4. The Bertz CT molecular complexity index is 1180. The summed E-state index contributed by atoms with van der Waals surface area (Å²) < 4.78 is 12.9. The average molecular weight is 434 g/mol. The Labute approximate surface area is 187 Å². The molecule has 0 bridgehead atoms. The molecule has 3 aromatic rings. The van der Waals surface area contributed by atoms with Crippen molar-refractivity contribution < 1.29 is 19.1 Å². The van der Waals surface area contributed by atoms with Crippen LogP contribution in [0.4, 0.5) is 0 Å². The van der Waals surface area contributed by atoms with Crippen molar-refractivity contribution in [1.29, 1.82) is 0 Å². The number of nitrogens with zero attached hydrogens (tertiary/aromatic N) is 2. The highest BCUT2D eigenvalue weighted by atomic mass is 16.5. The maximum Gasteiger partial charge on any atom is 0.338 e. The molecule has 1 amide bonds. The molecule has 1 N–H and O–H groups in total. The first kappa shape index (κ1) is 21.6. The van der Waals surface area contributed by atoms with Crippen molar-refractivity contribution >= 4 is 11.9 Å². The van der Waals surface area contributed by atoms with Gasteiger partial charge in [0.1, 0.15) is 18.4 Å². The molecule has 0 saturated heterocycles. The SMILES string of the molecule is COC(=O)c1ccccc1-c1cc(C)cc2c1O[C@@H](CNC(=O)Cn1nc(C)cc1C)C2. The minimum Gasteiger partial charge on any atom is -0.487 e. The Hall–Kier alpha value is -3.61. The predicted molar refractivity (Wildman–Crippen MR) is 121 cm³/mol. The summed E-state index contributed by atoms with van der Waals surface area (Å²) in [6.07, 6.45) is 0.505. The monoisotopic (exact) mass is 433 g/mol. The highest BCUT2D eigenvalue weighted by Gasteiger charge is 2.28. The van der Waals surface area contributed by atoms with Crippen LogP contribution in [0.1, 0.15) is 32.9 Å². The smallest absolute Gasteiger partial charge is 0.338 e. The lowest BCUT2D eigenvalue weighted by molar-refractivity contribution is -0.122. The molecule has 0 aliphatic carbocycles. The first-order chi connectivity index (χ1) is 15.4. The molecule has 32 heavy (non-hydrogen) atoms. The summed E-state index contributed by atoms with van der Waals surface area (Å²) in [5.41, 5.74) is 6.11. The lowest BCUT2D eigenvalue weighted by Gasteiger charge is -2.15. The van der Waals surface area contributed by atoms with Gasteiger partial charge >= 0.3 is 5.97 Å². The summed E-state index contributed by atoms with van der Waals surface area (Å²) in [6.45, 7) is 6.43. The van der Waals surface area contributed by atoms with Crippen LogP contribution in [-0.4, -0.2) is 41.4 Å². The molecular weight excluding hydrogens is 406 g/mol. The first-order valence-electron chi connectivity index (χ1n) is 10.6. The highest BCUT2D eigenvalue weighted by molar-refractivity contribution is 5.98. The van der Waals surface area contributed by atoms with Crippen LogP contribution in [0.5, 0.6) is 5.75 Å². The highest BCUT2D eigenvalue weighted by Crippen LogP contribution is 2.41. The molecule has 7 heteroatoms. The third kappa shape index (κ3) is 4.37. The molecule has 0 fully saturated rings. The van der Waals surface area contributed by atoms with Gasteiger partial charge in [0.15, 0.2) is 0 Å². The van der Waals surface area contributed by atoms with Crippen molar-refractivity contribution in [3.05, 3.63) is 70.5 Å². The second kappa shape index (κ2) is 8.86. The van der Waals surface area contributed by atoms with E-state index in [-0.39, 0.29) is 24.5 Å². The number of benzene rings is 2. The Morgan fingerprint density at radius 1 is 1.16 bits per heavy atom. The number of aromatic nitrogens is 2. The number of carbonyl (C=O) groups excluding carboxylic acids is 2. The molecule has 7 nitrogen and oxygen atoms in total. The zero-order valence-electron chi connectivity index (χ0n) is 18.8. The van der Waals surface area contributed by atoms with Crippen LogP contribution >= 0.6 is 0 Å². The van der Waals surface area contributed by atoms with Crippen molar-refractivity contribution in [2.45, 2.75) is 39.8 Å². The largest absolute Gasteiger partial charge is 0.487 e. The van der Waals surface area contributed by atoms with Gasteiger partial charge in [0.25, 0.3) is 0 Å². The molecule has 166 valence electrons. The number of amides is 1. The molecule has 1 aliphatic heterocycles. The van der Waals surface area contributed by atoms with Gasteiger partial charge in [0.05, 0.1) is 24.9 Å². The van der Waals surface area contributed by atoms with E-state index in [4.69, 9.17) is 9.47 Å². The summed E-state index contributed by atoms with van der Waals surface area (Å²) in [7, 11) is 1.38. The van der Waals surface area contributed by atoms with Crippen molar-refractivity contribution in [1.82, 2.24) is 15.1 Å². The number of fused-ring (bicyclic) bond motifs is 1. The van der Waals surface area contributed by atoms with E-state index < -0.39 is 0 Å². The summed E-state index contributed by atoms with van der Waals surface area (Å²) >= 11 is 0. The van der Waals surface area contributed by atoms with Crippen LogP contribution in [0.25, 0.3) is 11.1 Å². The second-order valence-electron chi connectivity index (χ2n) is 8.17. The number of ether oxygens (including phenoxy) is 2. The van der Waals surface area contributed by atoms with Gasteiger partial charge in [-0.05, 0) is 55.7 Å². The van der Waals surface area contributed by atoms with Crippen molar-refractivity contribution in [2.24, 2.45) is 0 Å². The molecule has 1 atom stereocenters. The number of aryl methyl sites for hydroxylation is 3. The Morgan fingerprint density at radius 2 is 1.94 bits per heavy atom. The molecule has 2 heterocycles. The van der Waals surface area contributed by atoms with Crippen LogP contribution in [0.2, 0.25) is 0 Å². The zero-order chi connectivity index (χ0) is 22.8. The predicted octanol–water partition coefficient (Wildman–Crippen LogP) is 3.38. The molecule has 4 rings (SSSR count). The molecule has 2 aromatic carbocycles. The van der Waals surface area contributed by atoms with Gasteiger partial charge in [-0.25, -0.2) is 4.79 Å². The standard InChI is InChI=1S/C25H27N3O4/c1-15-9-18-12-19(13-26-23(29)14-28-17(3)11-16(2)27-28)32-24(18)22(10-15)20-7-5-6-8-21(20)25(30)31-4/h5-11,19H,12-14H2,1-4H3,(H,26,29)/t19-/m1/s1. The van der Waals surface area contributed by atoms with E-state index in [2.05, 4.69) is 16.5 Å². The first-order valence-corrected chi connectivity index (χ1v) is 10.6. The lowest BCUT2D eigenvalue weighted by Crippen LogP contribution is -2.36. The number of nitrogens with one attached hydrogen (secondary N) is 1. The van der Waals surface area contributed by atoms with Crippen LogP contribution in [0, 0.1) is 20.8 Å². The van der Waals surface area contributed by atoms with Crippen LogP contribution < -0.4 is 10.1 Å². The van der Waals surface area contributed by atoms with Crippen molar-refractivity contribution in [2.75, 3.05) is 13.7 Å². The Balaban J connectivity index is 1.50. The molecule has 1 aromatic heterocycles. The molecule has 0 unspecified atom stereocenters. The minimum atomic E-state index is -0.387. The van der Waals surface area contributed by atoms with Crippen LogP contribution in [0.15, 0.2) is 42.5 Å². The van der Waals surface area contributed by atoms with E-state index in [1.807, 2.05) is 51.1 Å². The number of esters is 1. The summed E-state index contributed by atoms with van der Waals surface area (Å²) in [4.78, 5) is 24.7. The van der Waals surface area contributed by atoms with Gasteiger partial charge in [-0.3, -0.25) is 9.48 Å². The third-order valence-corrected chi connectivity index (χ3v) is 5.59. The van der Waals surface area contributed by atoms with E-state index in [1.165, 1.54) is 7.11 Å². The summed E-state index contributed by atoms with van der Waals surface area (Å²) in [6, 6.07) is 13.4. The molecule has 0 radical (unpaired) electrons. The quantitative estimate of drug-likeness (QED) is 0.603. The van der Waals surface area contributed by atoms with Crippen molar-refractivity contribution in [3.8, 4) is 16.9 Å². The Kier molecular flexibility index (Phi) is 5.99. The van der Waals surface area contributed by atoms with Crippen molar-refractivity contribution in [3.63, 3.8) is 0 Å². The normalized spacial score (nSPS) is 14.6. The van der Waals surface area contributed by atoms with Gasteiger partial charge in [0.2, 0.25) is 5.91 Å². The number of hydrogen-bond donors (Lipinski definition) is 1. The molecular formula is C25H27N3O4. The van der Waals surface area contributed by atoms with Gasteiger partial charge in [-0.1, -0.05) is 24.3 Å². The number of hydrogen-bond acceptors (Lipinski definition) is 5. The number of rotatable bonds is 6. The lowest BCUT2D eigenvalue weighted by atomic mass is 9.94. The minimum absolute atomic E-state index is 0.108. The zero-order valence-corrected chi connectivity index (χ0v) is 18.8. The summed E-state index contributed by atoms with van der Waals surface area (Å²) in [5, 5.41) is 7.29. The van der Waals surface area contributed by atoms with E-state index in [9.17, 15) is 9.59 Å². The second-order valence-corrected chi connectivity index (χ2v) is 8.17. The number of methoxy groups -OCH3 is 1. The van der Waals surface area contributed by atoms with Gasteiger partial charge in [0, 0.05) is 17.7 Å². The topological polar surface area (TPSA) is 82.5 Å². The Morgan fingerprint density at radius 3 is 2.66 bits per heavy atom. The molecule has 0 saturated carbocycles. The maximum atomic E-state index is 12.4. The van der Waals surface area contributed by atoms with Gasteiger partial charge < -0.3 is 14.8 Å². The number of carbonyl (C=O) groups is 2. The van der Waals surface area contributed by atoms with E-state index in [0.29, 0.717) is 18.5 Å². The summed E-state index contributed by atoms with van der Waals surface area (Å²) in [5.74, 6) is 0.259. The van der Waals surface area contributed by atoms with Gasteiger partial charge in [-0.15, -0.1) is 0 Å². The van der Waals surface area contributed by atoms with Crippen LogP contribution in [-0.2, 0) is 22.5 Å².